The molecule has 4 aromatic rings. The molecule has 0 fully saturated rings. The highest BCUT2D eigenvalue weighted by Gasteiger charge is 2.18. The fourth-order valence-corrected chi connectivity index (χ4v) is 4.20. The topological polar surface area (TPSA) is 70.7 Å². The fraction of sp³-hybridized carbons (Fsp3) is 0.0952. The number of rotatable bonds is 7. The Morgan fingerprint density at radius 2 is 1.79 bits per heavy atom. The van der Waals surface area contributed by atoms with E-state index in [1.54, 1.807) is 11.3 Å². The molecule has 7 heteroatoms. The van der Waals surface area contributed by atoms with Crippen molar-refractivity contribution in [2.45, 2.75) is 11.2 Å². The van der Waals surface area contributed by atoms with Crippen LogP contribution in [0.25, 0.3) is 11.4 Å². The van der Waals surface area contributed by atoms with Crippen LogP contribution in [0.5, 0.6) is 0 Å². The monoisotopic (exact) mass is 406 g/mol. The Hall–Kier alpha value is -2.90. The van der Waals surface area contributed by atoms with Crippen molar-refractivity contribution >= 4 is 29.0 Å². The van der Waals surface area contributed by atoms with Gasteiger partial charge in [-0.1, -0.05) is 78.5 Å². The number of aromatic nitrogens is 3. The average molecular weight is 407 g/mol. The maximum absolute atomic E-state index is 12.6. The molecule has 4 rings (SSSR count). The van der Waals surface area contributed by atoms with E-state index in [0.29, 0.717) is 11.0 Å². The lowest BCUT2D eigenvalue weighted by Gasteiger charge is -2.17. The zero-order chi connectivity index (χ0) is 19.2. The first-order chi connectivity index (χ1) is 13.8. The SMILES string of the molecule is O=C(CSc1n[nH]c(-c2ccccc2)n1)N[C@H](c1ccccc1)c1cccs1. The lowest BCUT2D eigenvalue weighted by molar-refractivity contribution is -0.119. The second kappa shape index (κ2) is 8.86. The van der Waals surface area contributed by atoms with Gasteiger partial charge in [-0.3, -0.25) is 9.89 Å². The normalized spacial score (nSPS) is 11.9. The maximum Gasteiger partial charge on any atom is 0.231 e. The molecule has 0 saturated heterocycles. The Bertz CT molecular complexity index is 1020. The van der Waals surface area contributed by atoms with Crippen LogP contribution in [0.2, 0.25) is 0 Å². The molecule has 0 unspecified atom stereocenters. The summed E-state index contributed by atoms with van der Waals surface area (Å²) in [6.07, 6.45) is 0. The lowest BCUT2D eigenvalue weighted by atomic mass is 10.1. The van der Waals surface area contributed by atoms with Gasteiger partial charge in [0.1, 0.15) is 0 Å². The Morgan fingerprint density at radius 1 is 1.04 bits per heavy atom. The molecule has 1 amide bonds. The first kappa shape index (κ1) is 18.5. The Labute approximate surface area is 171 Å². The van der Waals surface area contributed by atoms with E-state index in [2.05, 4.69) is 20.5 Å². The predicted octanol–water partition coefficient (Wildman–Crippen LogP) is 4.53. The summed E-state index contributed by atoms with van der Waals surface area (Å²) < 4.78 is 0. The number of nitrogens with zero attached hydrogens (tertiary/aromatic N) is 2. The minimum absolute atomic E-state index is 0.0571. The van der Waals surface area contributed by atoms with Crippen LogP contribution >= 0.6 is 23.1 Å². The van der Waals surface area contributed by atoms with Gasteiger partial charge >= 0.3 is 0 Å². The number of hydrogen-bond acceptors (Lipinski definition) is 5. The number of H-pyrrole nitrogens is 1. The van der Waals surface area contributed by atoms with Crippen LogP contribution in [-0.4, -0.2) is 26.8 Å². The van der Waals surface area contributed by atoms with Gasteiger partial charge in [0, 0.05) is 10.4 Å². The van der Waals surface area contributed by atoms with Crippen molar-refractivity contribution < 1.29 is 4.79 Å². The van der Waals surface area contributed by atoms with Gasteiger partial charge in [0.25, 0.3) is 0 Å². The summed E-state index contributed by atoms with van der Waals surface area (Å²) in [7, 11) is 0. The van der Waals surface area contributed by atoms with Crippen LogP contribution in [-0.2, 0) is 4.79 Å². The van der Waals surface area contributed by atoms with Crippen LogP contribution in [0, 0.1) is 0 Å². The van der Waals surface area contributed by atoms with E-state index in [-0.39, 0.29) is 17.7 Å². The third kappa shape index (κ3) is 4.49. The predicted molar refractivity (Wildman–Crippen MR) is 113 cm³/mol. The molecule has 0 bridgehead atoms. The third-order valence-electron chi connectivity index (χ3n) is 4.11. The van der Waals surface area contributed by atoms with Crippen molar-refractivity contribution in [3.8, 4) is 11.4 Å². The Kier molecular flexibility index (Phi) is 5.84. The van der Waals surface area contributed by atoms with Crippen LogP contribution in [0.3, 0.4) is 0 Å². The standard InChI is InChI=1S/C21H18N4OS2/c26-18(14-28-21-23-20(24-25-21)16-10-5-2-6-11-16)22-19(17-12-7-13-27-17)15-8-3-1-4-9-15/h1-13,19H,14H2,(H,22,26)(H,23,24,25)/t19-/m1/s1. The van der Waals surface area contributed by atoms with Crippen LogP contribution < -0.4 is 5.32 Å². The zero-order valence-electron chi connectivity index (χ0n) is 14.9. The van der Waals surface area contributed by atoms with Crippen molar-refractivity contribution in [2.24, 2.45) is 0 Å². The largest absolute Gasteiger partial charge is 0.344 e. The summed E-state index contributed by atoms with van der Waals surface area (Å²) in [5.74, 6) is 0.892. The highest BCUT2D eigenvalue weighted by molar-refractivity contribution is 7.99. The summed E-state index contributed by atoms with van der Waals surface area (Å²) in [5, 5.41) is 12.8. The second-order valence-electron chi connectivity index (χ2n) is 6.05. The summed E-state index contributed by atoms with van der Waals surface area (Å²) in [5.41, 5.74) is 2.03. The highest BCUT2D eigenvalue weighted by Crippen LogP contribution is 2.26. The van der Waals surface area contributed by atoms with Gasteiger partial charge in [-0.05, 0) is 17.0 Å². The summed E-state index contributed by atoms with van der Waals surface area (Å²) in [6.45, 7) is 0. The molecular weight excluding hydrogens is 388 g/mol. The lowest BCUT2D eigenvalue weighted by Crippen LogP contribution is -2.30. The maximum atomic E-state index is 12.6. The van der Waals surface area contributed by atoms with Gasteiger partial charge in [-0.15, -0.1) is 16.4 Å². The quantitative estimate of drug-likeness (QED) is 0.442. The van der Waals surface area contributed by atoms with Crippen LogP contribution in [0.1, 0.15) is 16.5 Å². The zero-order valence-corrected chi connectivity index (χ0v) is 16.5. The number of carbonyl (C=O) groups excluding carboxylic acids is 1. The smallest absolute Gasteiger partial charge is 0.231 e. The molecule has 2 N–H and O–H groups in total. The highest BCUT2D eigenvalue weighted by atomic mass is 32.2. The van der Waals surface area contributed by atoms with E-state index in [9.17, 15) is 4.79 Å². The summed E-state index contributed by atoms with van der Waals surface area (Å²) >= 11 is 2.95. The van der Waals surface area contributed by atoms with Gasteiger partial charge in [-0.25, -0.2) is 4.98 Å². The van der Waals surface area contributed by atoms with Crippen molar-refractivity contribution in [3.05, 3.63) is 88.6 Å². The number of hydrogen-bond donors (Lipinski definition) is 2. The van der Waals surface area contributed by atoms with E-state index in [4.69, 9.17) is 0 Å². The number of thioether (sulfide) groups is 1. The van der Waals surface area contributed by atoms with E-state index >= 15 is 0 Å². The van der Waals surface area contributed by atoms with Crippen molar-refractivity contribution in [1.82, 2.24) is 20.5 Å². The summed E-state index contributed by atoms with van der Waals surface area (Å²) in [6, 6.07) is 23.7. The molecule has 0 radical (unpaired) electrons. The number of carbonyl (C=O) groups is 1. The molecule has 0 saturated carbocycles. The molecular formula is C21H18N4OS2. The number of nitrogens with one attached hydrogen (secondary N) is 2. The van der Waals surface area contributed by atoms with Crippen molar-refractivity contribution in [2.75, 3.05) is 5.75 Å². The minimum atomic E-state index is -0.152. The number of aromatic amines is 1. The van der Waals surface area contributed by atoms with Crippen LogP contribution in [0.15, 0.2) is 83.3 Å². The van der Waals surface area contributed by atoms with Gasteiger partial charge in [0.05, 0.1) is 11.8 Å². The van der Waals surface area contributed by atoms with E-state index in [1.807, 2.05) is 78.2 Å². The molecule has 2 aromatic carbocycles. The third-order valence-corrected chi connectivity index (χ3v) is 5.89. The van der Waals surface area contributed by atoms with Gasteiger partial charge in [0.15, 0.2) is 5.82 Å². The number of amides is 1. The van der Waals surface area contributed by atoms with Crippen molar-refractivity contribution in [1.29, 1.82) is 0 Å². The minimum Gasteiger partial charge on any atom is -0.344 e. The van der Waals surface area contributed by atoms with E-state index in [1.165, 1.54) is 11.8 Å². The molecule has 28 heavy (non-hydrogen) atoms. The Balaban J connectivity index is 1.40. The molecule has 140 valence electrons. The van der Waals surface area contributed by atoms with E-state index < -0.39 is 0 Å². The number of thiophene rings is 1. The van der Waals surface area contributed by atoms with Gasteiger partial charge in [0.2, 0.25) is 11.1 Å². The molecule has 0 spiro atoms. The average Bonchev–Trinajstić information content (AvgIpc) is 3.44. The first-order valence-electron chi connectivity index (χ1n) is 8.78. The van der Waals surface area contributed by atoms with Crippen molar-refractivity contribution in [3.63, 3.8) is 0 Å². The second-order valence-corrected chi connectivity index (χ2v) is 7.97. The molecule has 2 aromatic heterocycles. The Morgan fingerprint density at radius 3 is 2.50 bits per heavy atom. The first-order valence-corrected chi connectivity index (χ1v) is 10.6. The molecule has 5 nitrogen and oxygen atoms in total. The number of benzene rings is 2. The molecule has 1 atom stereocenters. The van der Waals surface area contributed by atoms with E-state index in [0.717, 1.165) is 16.0 Å². The molecule has 0 aliphatic heterocycles. The molecule has 0 aliphatic carbocycles. The van der Waals surface area contributed by atoms with Crippen LogP contribution in [0.4, 0.5) is 0 Å². The fourth-order valence-electron chi connectivity index (χ4n) is 2.79. The molecule has 0 aliphatic rings. The molecule has 2 heterocycles. The summed E-state index contributed by atoms with van der Waals surface area (Å²) in [4.78, 5) is 18.1. The van der Waals surface area contributed by atoms with Gasteiger partial charge < -0.3 is 5.32 Å². The van der Waals surface area contributed by atoms with Gasteiger partial charge in [-0.2, -0.15) is 0 Å².